The number of nitrogens with zero attached hydrogens (tertiary/aromatic N) is 3. The minimum Gasteiger partial charge on any atom is -0.358 e. The quantitative estimate of drug-likeness (QED) is 0.780. The molecule has 0 bridgehead atoms. The summed E-state index contributed by atoms with van der Waals surface area (Å²) in [6, 6.07) is 4.88. The number of likely N-dealkylation sites (N-methyl/N-ethyl adjacent to an activating group) is 2. The van der Waals surface area contributed by atoms with Gasteiger partial charge < -0.3 is 10.2 Å². The zero-order chi connectivity index (χ0) is 12.8. The summed E-state index contributed by atoms with van der Waals surface area (Å²) in [5.74, 6) is -0.618. The minimum atomic E-state index is -0.363. The van der Waals surface area contributed by atoms with Gasteiger partial charge in [0.25, 0.3) is 5.91 Å². The zero-order valence-corrected chi connectivity index (χ0v) is 9.60. The van der Waals surface area contributed by atoms with Crippen LogP contribution in [0.5, 0.6) is 0 Å². The molecule has 0 aliphatic heterocycles. The van der Waals surface area contributed by atoms with E-state index in [0.717, 1.165) is 0 Å². The van der Waals surface area contributed by atoms with Gasteiger partial charge in [0.2, 0.25) is 5.91 Å². The van der Waals surface area contributed by atoms with Gasteiger partial charge in [0.1, 0.15) is 11.8 Å². The zero-order valence-electron chi connectivity index (χ0n) is 9.60. The smallest absolute Gasteiger partial charge is 0.272 e. The molecule has 0 fully saturated rings. The van der Waals surface area contributed by atoms with E-state index in [-0.39, 0.29) is 24.1 Å². The van der Waals surface area contributed by atoms with Crippen molar-refractivity contribution in [2.45, 2.75) is 0 Å². The maximum absolute atomic E-state index is 11.8. The van der Waals surface area contributed by atoms with Gasteiger partial charge in [0.05, 0.1) is 12.1 Å². The Bertz CT molecular complexity index is 461. The van der Waals surface area contributed by atoms with Crippen molar-refractivity contribution in [3.8, 4) is 6.07 Å². The fraction of sp³-hybridized carbons (Fsp3) is 0.273. The molecule has 1 N–H and O–H groups in total. The Labute approximate surface area is 98.9 Å². The van der Waals surface area contributed by atoms with Crippen LogP contribution >= 0.6 is 0 Å². The molecular formula is C11H12N4O2. The average molecular weight is 232 g/mol. The van der Waals surface area contributed by atoms with E-state index in [1.54, 1.807) is 0 Å². The highest BCUT2D eigenvalue weighted by molar-refractivity contribution is 5.94. The van der Waals surface area contributed by atoms with E-state index in [9.17, 15) is 9.59 Å². The molecule has 6 nitrogen and oxygen atoms in total. The SMILES string of the molecule is CNC(=O)CN(C)C(=O)c1ccc(C#N)cn1. The lowest BCUT2D eigenvalue weighted by molar-refractivity contribution is -0.121. The van der Waals surface area contributed by atoms with E-state index in [1.165, 1.54) is 37.3 Å². The van der Waals surface area contributed by atoms with Crippen LogP contribution in [0.3, 0.4) is 0 Å². The topological polar surface area (TPSA) is 86.1 Å². The fourth-order valence-electron chi connectivity index (χ4n) is 1.15. The molecule has 6 heteroatoms. The first-order valence-electron chi connectivity index (χ1n) is 4.90. The van der Waals surface area contributed by atoms with Crippen molar-refractivity contribution in [2.75, 3.05) is 20.6 Å². The summed E-state index contributed by atoms with van der Waals surface area (Å²) >= 11 is 0. The maximum atomic E-state index is 11.8. The lowest BCUT2D eigenvalue weighted by Crippen LogP contribution is -2.37. The van der Waals surface area contributed by atoms with Crippen molar-refractivity contribution in [3.05, 3.63) is 29.6 Å². The summed E-state index contributed by atoms with van der Waals surface area (Å²) in [4.78, 5) is 28.0. The van der Waals surface area contributed by atoms with Crippen molar-refractivity contribution >= 4 is 11.8 Å². The summed E-state index contributed by atoms with van der Waals surface area (Å²) in [5, 5.41) is 11.0. The molecule has 0 radical (unpaired) electrons. The molecule has 0 aromatic carbocycles. The fourth-order valence-corrected chi connectivity index (χ4v) is 1.15. The van der Waals surface area contributed by atoms with E-state index in [4.69, 9.17) is 5.26 Å². The summed E-state index contributed by atoms with van der Waals surface area (Å²) in [7, 11) is 3.01. The molecule has 1 rings (SSSR count). The summed E-state index contributed by atoms with van der Waals surface area (Å²) in [5.41, 5.74) is 0.589. The number of carbonyl (C=O) groups is 2. The first-order chi connectivity index (χ1) is 8.08. The van der Waals surface area contributed by atoms with Crippen molar-refractivity contribution in [1.82, 2.24) is 15.2 Å². The van der Waals surface area contributed by atoms with Crippen LogP contribution in [0.15, 0.2) is 18.3 Å². The van der Waals surface area contributed by atoms with Crippen LogP contribution in [0, 0.1) is 11.3 Å². The third kappa shape index (κ3) is 3.28. The van der Waals surface area contributed by atoms with Gasteiger partial charge in [-0.25, -0.2) is 4.98 Å². The van der Waals surface area contributed by atoms with E-state index in [0.29, 0.717) is 5.56 Å². The predicted molar refractivity (Wildman–Crippen MR) is 60.0 cm³/mol. The lowest BCUT2D eigenvalue weighted by Gasteiger charge is -2.15. The molecule has 1 aromatic heterocycles. The number of hydrogen-bond acceptors (Lipinski definition) is 4. The summed E-state index contributed by atoms with van der Waals surface area (Å²) in [6.07, 6.45) is 1.32. The second-order valence-electron chi connectivity index (χ2n) is 3.38. The molecule has 88 valence electrons. The Morgan fingerprint density at radius 2 is 2.24 bits per heavy atom. The number of aromatic nitrogens is 1. The molecule has 0 atom stereocenters. The van der Waals surface area contributed by atoms with Gasteiger partial charge in [-0.3, -0.25) is 9.59 Å². The highest BCUT2D eigenvalue weighted by Gasteiger charge is 2.15. The number of nitriles is 1. The molecular weight excluding hydrogens is 220 g/mol. The summed E-state index contributed by atoms with van der Waals surface area (Å²) < 4.78 is 0. The Morgan fingerprint density at radius 3 is 2.71 bits per heavy atom. The minimum absolute atomic E-state index is 0.0307. The van der Waals surface area contributed by atoms with E-state index in [2.05, 4.69) is 10.3 Å². The first-order valence-corrected chi connectivity index (χ1v) is 4.90. The Balaban J connectivity index is 2.75. The molecule has 0 saturated heterocycles. The molecule has 0 aliphatic carbocycles. The van der Waals surface area contributed by atoms with Crippen molar-refractivity contribution in [1.29, 1.82) is 5.26 Å². The highest BCUT2D eigenvalue weighted by atomic mass is 16.2. The van der Waals surface area contributed by atoms with Crippen LogP contribution in [0.1, 0.15) is 16.1 Å². The van der Waals surface area contributed by atoms with Gasteiger partial charge in [-0.2, -0.15) is 5.26 Å². The van der Waals surface area contributed by atoms with E-state index in [1.807, 2.05) is 6.07 Å². The van der Waals surface area contributed by atoms with Crippen LogP contribution in [0.2, 0.25) is 0 Å². The van der Waals surface area contributed by atoms with Crippen molar-refractivity contribution in [3.63, 3.8) is 0 Å². The van der Waals surface area contributed by atoms with Crippen LogP contribution < -0.4 is 5.32 Å². The van der Waals surface area contributed by atoms with Gasteiger partial charge in [0.15, 0.2) is 0 Å². The Hall–Kier alpha value is -2.42. The van der Waals surface area contributed by atoms with Gasteiger partial charge in [0, 0.05) is 20.3 Å². The lowest BCUT2D eigenvalue weighted by atomic mass is 10.2. The van der Waals surface area contributed by atoms with Crippen molar-refractivity contribution in [2.24, 2.45) is 0 Å². The molecule has 0 saturated carbocycles. The monoisotopic (exact) mass is 232 g/mol. The van der Waals surface area contributed by atoms with Gasteiger partial charge in [-0.15, -0.1) is 0 Å². The largest absolute Gasteiger partial charge is 0.358 e. The van der Waals surface area contributed by atoms with E-state index >= 15 is 0 Å². The van der Waals surface area contributed by atoms with Gasteiger partial charge >= 0.3 is 0 Å². The predicted octanol–water partition coefficient (Wildman–Crippen LogP) is -0.229. The standard InChI is InChI=1S/C11H12N4O2/c1-13-10(16)7-15(2)11(17)9-4-3-8(5-12)6-14-9/h3-4,6H,7H2,1-2H3,(H,13,16). The first kappa shape index (κ1) is 12.6. The molecule has 0 spiro atoms. The highest BCUT2D eigenvalue weighted by Crippen LogP contribution is 2.02. The number of hydrogen-bond donors (Lipinski definition) is 1. The Kier molecular flexibility index (Phi) is 4.17. The third-order valence-corrected chi connectivity index (χ3v) is 2.12. The number of pyridine rings is 1. The van der Waals surface area contributed by atoms with Crippen LogP contribution in [-0.4, -0.2) is 42.3 Å². The molecule has 1 aromatic rings. The van der Waals surface area contributed by atoms with Crippen molar-refractivity contribution < 1.29 is 9.59 Å². The van der Waals surface area contributed by atoms with Gasteiger partial charge in [-0.1, -0.05) is 0 Å². The Morgan fingerprint density at radius 1 is 1.53 bits per heavy atom. The maximum Gasteiger partial charge on any atom is 0.272 e. The second kappa shape index (κ2) is 5.61. The molecule has 2 amide bonds. The van der Waals surface area contributed by atoms with Crippen LogP contribution in [-0.2, 0) is 4.79 Å². The number of carbonyl (C=O) groups excluding carboxylic acids is 2. The van der Waals surface area contributed by atoms with Crippen LogP contribution in [0.4, 0.5) is 0 Å². The van der Waals surface area contributed by atoms with Crippen LogP contribution in [0.25, 0.3) is 0 Å². The third-order valence-electron chi connectivity index (χ3n) is 2.12. The van der Waals surface area contributed by atoms with E-state index < -0.39 is 0 Å². The molecule has 1 heterocycles. The number of rotatable bonds is 3. The average Bonchev–Trinajstić information content (AvgIpc) is 2.37. The normalized spacial score (nSPS) is 9.24. The number of amides is 2. The molecule has 0 aliphatic rings. The summed E-state index contributed by atoms with van der Waals surface area (Å²) in [6.45, 7) is -0.0307. The molecule has 17 heavy (non-hydrogen) atoms. The van der Waals surface area contributed by atoms with Gasteiger partial charge in [-0.05, 0) is 12.1 Å². The number of nitrogens with one attached hydrogen (secondary N) is 1. The molecule has 0 unspecified atom stereocenters. The second-order valence-corrected chi connectivity index (χ2v) is 3.38.